The predicted octanol–water partition coefficient (Wildman–Crippen LogP) is 6.05. The highest BCUT2D eigenvalue weighted by atomic mass is 35.5. The van der Waals surface area contributed by atoms with Gasteiger partial charge in [-0.25, -0.2) is 0 Å². The number of amides is 1. The number of hydrogen-bond donors (Lipinski definition) is 1. The molecule has 1 N–H and O–H groups in total. The number of nitrogens with zero attached hydrogens (tertiary/aromatic N) is 1. The van der Waals surface area contributed by atoms with Gasteiger partial charge in [0.25, 0.3) is 5.91 Å². The van der Waals surface area contributed by atoms with Crippen molar-refractivity contribution < 1.29 is 18.0 Å². The van der Waals surface area contributed by atoms with Gasteiger partial charge in [-0.1, -0.05) is 47.5 Å². The molecule has 1 amide bonds. The van der Waals surface area contributed by atoms with E-state index in [0.717, 1.165) is 28.8 Å². The molecule has 3 aromatic rings. The van der Waals surface area contributed by atoms with Gasteiger partial charge in [-0.2, -0.15) is 13.2 Å². The predicted molar refractivity (Wildman–Crippen MR) is 107 cm³/mol. The minimum atomic E-state index is -4.59. The van der Waals surface area contributed by atoms with Crippen LogP contribution in [0.1, 0.15) is 21.5 Å². The van der Waals surface area contributed by atoms with Crippen LogP contribution in [0.2, 0.25) is 10.0 Å². The lowest BCUT2D eigenvalue weighted by Gasteiger charge is -2.13. The largest absolute Gasteiger partial charge is 0.417 e. The van der Waals surface area contributed by atoms with Crippen LogP contribution in [-0.4, -0.2) is 17.4 Å². The molecule has 0 bridgehead atoms. The van der Waals surface area contributed by atoms with Crippen molar-refractivity contribution in [1.82, 2.24) is 10.3 Å². The highest BCUT2D eigenvalue weighted by molar-refractivity contribution is 6.32. The minimum Gasteiger partial charge on any atom is -0.352 e. The number of carbonyl (C=O) groups excluding carboxylic acids is 1. The molecule has 29 heavy (non-hydrogen) atoms. The maximum absolute atomic E-state index is 13.0. The van der Waals surface area contributed by atoms with E-state index in [1.165, 1.54) is 18.3 Å². The molecule has 3 nitrogen and oxygen atoms in total. The third kappa shape index (κ3) is 5.28. The summed E-state index contributed by atoms with van der Waals surface area (Å²) in [6.45, 7) is 0.142. The Morgan fingerprint density at radius 1 is 1.00 bits per heavy atom. The van der Waals surface area contributed by atoms with E-state index in [9.17, 15) is 18.0 Å². The van der Waals surface area contributed by atoms with Crippen molar-refractivity contribution in [1.29, 1.82) is 0 Å². The SMILES string of the molecule is O=C(NCCc1ccc(-c2cncc(Cl)c2)cc1Cl)c1ccccc1C(F)(F)F. The zero-order valence-corrected chi connectivity index (χ0v) is 16.4. The maximum Gasteiger partial charge on any atom is 0.417 e. The van der Waals surface area contributed by atoms with Gasteiger partial charge in [0.15, 0.2) is 0 Å². The molecule has 8 heteroatoms. The topological polar surface area (TPSA) is 42.0 Å². The zero-order chi connectivity index (χ0) is 21.0. The van der Waals surface area contributed by atoms with Crippen LogP contribution in [0.25, 0.3) is 11.1 Å². The van der Waals surface area contributed by atoms with Crippen LogP contribution < -0.4 is 5.32 Å². The van der Waals surface area contributed by atoms with Gasteiger partial charge < -0.3 is 5.32 Å². The highest BCUT2D eigenvalue weighted by Crippen LogP contribution is 2.32. The number of nitrogens with one attached hydrogen (secondary N) is 1. The summed E-state index contributed by atoms with van der Waals surface area (Å²) >= 11 is 12.3. The van der Waals surface area contributed by atoms with Crippen LogP contribution in [0, 0.1) is 0 Å². The molecular weight excluding hydrogens is 424 g/mol. The van der Waals surface area contributed by atoms with Gasteiger partial charge >= 0.3 is 6.18 Å². The minimum absolute atomic E-state index is 0.142. The van der Waals surface area contributed by atoms with Crippen molar-refractivity contribution in [3.05, 3.63) is 87.7 Å². The summed E-state index contributed by atoms with van der Waals surface area (Å²) in [7, 11) is 0. The molecule has 3 rings (SSSR count). The lowest BCUT2D eigenvalue weighted by atomic mass is 10.0. The van der Waals surface area contributed by atoms with Gasteiger partial charge in [0.2, 0.25) is 0 Å². The average molecular weight is 439 g/mol. The Kier molecular flexibility index (Phi) is 6.45. The summed E-state index contributed by atoms with van der Waals surface area (Å²) in [6.07, 6.45) is -1.04. The van der Waals surface area contributed by atoms with Crippen molar-refractivity contribution in [2.75, 3.05) is 6.54 Å². The lowest BCUT2D eigenvalue weighted by molar-refractivity contribution is -0.137. The normalized spacial score (nSPS) is 11.3. The Balaban J connectivity index is 1.66. The van der Waals surface area contributed by atoms with E-state index in [2.05, 4.69) is 10.3 Å². The summed E-state index contributed by atoms with van der Waals surface area (Å²) in [5.41, 5.74) is 1.03. The first-order chi connectivity index (χ1) is 13.8. The van der Waals surface area contributed by atoms with Crippen LogP contribution >= 0.6 is 23.2 Å². The molecule has 1 heterocycles. The molecule has 0 saturated carbocycles. The molecule has 0 saturated heterocycles. The molecule has 0 aliphatic heterocycles. The molecule has 2 aromatic carbocycles. The van der Waals surface area contributed by atoms with Crippen molar-refractivity contribution in [2.45, 2.75) is 12.6 Å². The third-order valence-electron chi connectivity index (χ3n) is 4.25. The first-order valence-electron chi connectivity index (χ1n) is 8.59. The molecule has 0 radical (unpaired) electrons. The summed E-state index contributed by atoms with van der Waals surface area (Å²) in [4.78, 5) is 16.2. The van der Waals surface area contributed by atoms with Gasteiger partial charge in [0, 0.05) is 29.5 Å². The Bertz CT molecular complexity index is 1040. The van der Waals surface area contributed by atoms with Gasteiger partial charge in [-0.05, 0) is 41.8 Å². The first-order valence-corrected chi connectivity index (χ1v) is 9.35. The van der Waals surface area contributed by atoms with Crippen LogP contribution in [0.5, 0.6) is 0 Å². The standard InChI is InChI=1S/C21H15Cl2F3N2O/c22-16-9-15(11-27-12-16)14-6-5-13(19(23)10-14)7-8-28-20(29)17-3-1-2-4-18(17)21(24,25)26/h1-6,9-12H,7-8H2,(H,28,29). The zero-order valence-electron chi connectivity index (χ0n) is 14.9. The van der Waals surface area contributed by atoms with Crippen molar-refractivity contribution in [3.8, 4) is 11.1 Å². The molecule has 0 spiro atoms. The van der Waals surface area contributed by atoms with E-state index in [-0.39, 0.29) is 6.54 Å². The molecule has 150 valence electrons. The van der Waals surface area contributed by atoms with E-state index in [1.54, 1.807) is 24.4 Å². The summed E-state index contributed by atoms with van der Waals surface area (Å²) in [5, 5.41) is 3.50. The number of halogens is 5. The second-order valence-corrected chi connectivity index (χ2v) is 7.09. The van der Waals surface area contributed by atoms with Crippen LogP contribution in [-0.2, 0) is 12.6 Å². The van der Waals surface area contributed by atoms with Crippen LogP contribution in [0.15, 0.2) is 60.9 Å². The number of hydrogen-bond acceptors (Lipinski definition) is 2. The fraction of sp³-hybridized carbons (Fsp3) is 0.143. The quantitative estimate of drug-likeness (QED) is 0.526. The molecule has 1 aromatic heterocycles. The summed E-state index contributed by atoms with van der Waals surface area (Å²) in [5.74, 6) is -0.782. The maximum atomic E-state index is 13.0. The van der Waals surface area contributed by atoms with E-state index in [1.807, 2.05) is 6.07 Å². The highest BCUT2D eigenvalue weighted by Gasteiger charge is 2.34. The van der Waals surface area contributed by atoms with Crippen molar-refractivity contribution >= 4 is 29.1 Å². The Labute approximate surface area is 175 Å². The Morgan fingerprint density at radius 2 is 1.76 bits per heavy atom. The molecular formula is C21H15Cl2F3N2O. The molecule has 0 atom stereocenters. The van der Waals surface area contributed by atoms with Crippen molar-refractivity contribution in [3.63, 3.8) is 0 Å². The van der Waals surface area contributed by atoms with Gasteiger partial charge in [0.05, 0.1) is 16.1 Å². The summed E-state index contributed by atoms with van der Waals surface area (Å²) in [6, 6.07) is 11.8. The van der Waals surface area contributed by atoms with E-state index in [4.69, 9.17) is 23.2 Å². The molecule has 0 aliphatic rings. The first kappa shape index (κ1) is 21.1. The van der Waals surface area contributed by atoms with E-state index in [0.29, 0.717) is 16.5 Å². The fourth-order valence-corrected chi connectivity index (χ4v) is 3.28. The lowest BCUT2D eigenvalue weighted by Crippen LogP contribution is -2.28. The molecule has 0 fully saturated rings. The average Bonchev–Trinajstić information content (AvgIpc) is 2.68. The number of benzene rings is 2. The van der Waals surface area contributed by atoms with E-state index < -0.39 is 23.2 Å². The number of pyridine rings is 1. The third-order valence-corrected chi connectivity index (χ3v) is 4.81. The van der Waals surface area contributed by atoms with E-state index >= 15 is 0 Å². The van der Waals surface area contributed by atoms with Gasteiger partial charge in [-0.15, -0.1) is 0 Å². The number of carbonyl (C=O) groups is 1. The van der Waals surface area contributed by atoms with Crippen molar-refractivity contribution in [2.24, 2.45) is 0 Å². The fourth-order valence-electron chi connectivity index (χ4n) is 2.83. The van der Waals surface area contributed by atoms with Gasteiger partial charge in [0.1, 0.15) is 0 Å². The second kappa shape index (κ2) is 8.84. The number of alkyl halides is 3. The number of rotatable bonds is 5. The number of aromatic nitrogens is 1. The van der Waals surface area contributed by atoms with Gasteiger partial charge in [-0.3, -0.25) is 9.78 Å². The molecule has 0 unspecified atom stereocenters. The monoisotopic (exact) mass is 438 g/mol. The van der Waals surface area contributed by atoms with Crippen LogP contribution in [0.3, 0.4) is 0 Å². The molecule has 0 aliphatic carbocycles. The smallest absolute Gasteiger partial charge is 0.352 e. The Hall–Kier alpha value is -2.57. The second-order valence-electron chi connectivity index (χ2n) is 6.25. The summed E-state index contributed by atoms with van der Waals surface area (Å²) < 4.78 is 39.1. The van der Waals surface area contributed by atoms with Crippen LogP contribution in [0.4, 0.5) is 13.2 Å². The Morgan fingerprint density at radius 3 is 2.45 bits per heavy atom.